The predicted molar refractivity (Wildman–Crippen MR) is 83.6 cm³/mol. The van der Waals surface area contributed by atoms with Gasteiger partial charge in [-0.2, -0.15) is 0 Å². The van der Waals surface area contributed by atoms with E-state index < -0.39 is 5.91 Å². The molecule has 3 rings (SSSR count). The molecule has 0 fully saturated rings. The Morgan fingerprint density at radius 3 is 2.10 bits per heavy atom. The third kappa shape index (κ3) is 2.67. The Hall–Kier alpha value is -2.94. The fraction of sp³-hybridized carbons (Fsp3) is 0. The molecule has 21 heavy (non-hydrogen) atoms. The van der Waals surface area contributed by atoms with Crippen LogP contribution in [0.1, 0.15) is 10.4 Å². The van der Waals surface area contributed by atoms with Crippen molar-refractivity contribution in [2.45, 2.75) is 0 Å². The van der Waals surface area contributed by atoms with Crippen LogP contribution in [0.3, 0.4) is 0 Å². The number of benzene rings is 2. The number of rotatable bonds is 3. The number of carbonyl (C=O) groups excluding carboxylic acids is 1. The van der Waals surface area contributed by atoms with Gasteiger partial charge in [0.2, 0.25) is 5.91 Å². The van der Waals surface area contributed by atoms with E-state index in [0.717, 1.165) is 22.4 Å². The van der Waals surface area contributed by atoms with Crippen LogP contribution in [0.5, 0.6) is 0 Å². The van der Waals surface area contributed by atoms with Crippen LogP contribution >= 0.6 is 0 Å². The molecule has 3 nitrogen and oxygen atoms in total. The average molecular weight is 274 g/mol. The maximum Gasteiger partial charge on any atom is 0.248 e. The Kier molecular flexibility index (Phi) is 3.48. The summed E-state index contributed by atoms with van der Waals surface area (Å²) in [5, 5.41) is 0. The molecular weight excluding hydrogens is 260 g/mol. The van der Waals surface area contributed by atoms with Crippen LogP contribution in [0, 0.1) is 0 Å². The van der Waals surface area contributed by atoms with E-state index in [4.69, 9.17) is 5.73 Å². The molecule has 1 amide bonds. The second kappa shape index (κ2) is 5.59. The molecule has 0 aliphatic heterocycles. The van der Waals surface area contributed by atoms with Gasteiger partial charge in [-0.25, -0.2) is 0 Å². The minimum Gasteiger partial charge on any atom is -0.366 e. The first-order valence-corrected chi connectivity index (χ1v) is 6.66. The molecule has 0 saturated heterocycles. The lowest BCUT2D eigenvalue weighted by atomic mass is 9.96. The fourth-order valence-electron chi connectivity index (χ4n) is 2.29. The van der Waals surface area contributed by atoms with Crippen LogP contribution in [-0.4, -0.2) is 10.9 Å². The van der Waals surface area contributed by atoms with Crippen molar-refractivity contribution >= 4 is 5.91 Å². The Morgan fingerprint density at radius 2 is 1.48 bits per heavy atom. The minimum absolute atomic E-state index is 0.417. The highest BCUT2D eigenvalue weighted by Crippen LogP contribution is 2.30. The van der Waals surface area contributed by atoms with Gasteiger partial charge in [0.25, 0.3) is 0 Å². The van der Waals surface area contributed by atoms with Crippen molar-refractivity contribution < 1.29 is 4.79 Å². The van der Waals surface area contributed by atoms with Crippen molar-refractivity contribution in [1.82, 2.24) is 4.98 Å². The van der Waals surface area contributed by atoms with Crippen LogP contribution in [0.2, 0.25) is 0 Å². The van der Waals surface area contributed by atoms with Gasteiger partial charge >= 0.3 is 0 Å². The van der Waals surface area contributed by atoms with Crippen molar-refractivity contribution in [1.29, 1.82) is 0 Å². The molecule has 1 heterocycles. The van der Waals surface area contributed by atoms with E-state index in [2.05, 4.69) is 4.98 Å². The zero-order valence-electron chi connectivity index (χ0n) is 11.4. The van der Waals surface area contributed by atoms with Gasteiger partial charge in [-0.05, 0) is 35.4 Å². The third-order valence-corrected chi connectivity index (χ3v) is 3.35. The number of nitrogens with zero attached hydrogens (tertiary/aromatic N) is 1. The Labute approximate surface area is 123 Å². The first-order chi connectivity index (χ1) is 10.3. The summed E-state index contributed by atoms with van der Waals surface area (Å²) in [7, 11) is 0. The predicted octanol–water partition coefficient (Wildman–Crippen LogP) is 3.51. The summed E-state index contributed by atoms with van der Waals surface area (Å²) in [6.45, 7) is 0. The number of primary amides is 1. The van der Waals surface area contributed by atoms with Crippen molar-refractivity contribution in [2.75, 3.05) is 0 Å². The highest BCUT2D eigenvalue weighted by Gasteiger charge is 2.08. The molecule has 102 valence electrons. The molecule has 3 aromatic rings. The second-order valence-corrected chi connectivity index (χ2v) is 4.70. The summed E-state index contributed by atoms with van der Waals surface area (Å²) >= 11 is 0. The van der Waals surface area contributed by atoms with Gasteiger partial charge in [0.1, 0.15) is 0 Å². The van der Waals surface area contributed by atoms with Gasteiger partial charge in [0, 0.05) is 17.3 Å². The van der Waals surface area contributed by atoms with E-state index in [9.17, 15) is 4.79 Å². The normalized spacial score (nSPS) is 10.3. The lowest BCUT2D eigenvalue weighted by molar-refractivity contribution is 0.100. The number of hydrogen-bond donors (Lipinski definition) is 1. The maximum atomic E-state index is 11.1. The van der Waals surface area contributed by atoms with Gasteiger partial charge in [-0.1, -0.05) is 42.5 Å². The summed E-state index contributed by atoms with van der Waals surface area (Å²) < 4.78 is 0. The summed E-state index contributed by atoms with van der Waals surface area (Å²) in [6, 6.07) is 21.2. The van der Waals surface area contributed by atoms with Crippen molar-refractivity contribution in [2.24, 2.45) is 5.73 Å². The van der Waals surface area contributed by atoms with Gasteiger partial charge in [0.15, 0.2) is 0 Å². The summed E-state index contributed by atoms with van der Waals surface area (Å²) in [6.07, 6.45) is 1.78. The Bertz CT molecular complexity index is 765. The van der Waals surface area contributed by atoms with Crippen LogP contribution in [-0.2, 0) is 0 Å². The number of carbonyl (C=O) groups is 1. The summed E-state index contributed by atoms with van der Waals surface area (Å²) in [5.74, 6) is -0.417. The van der Waals surface area contributed by atoms with E-state index in [0.29, 0.717) is 5.56 Å². The quantitative estimate of drug-likeness (QED) is 0.794. The molecule has 0 unspecified atom stereocenters. The molecular formula is C18H14N2O. The Morgan fingerprint density at radius 1 is 0.810 bits per heavy atom. The molecule has 2 N–H and O–H groups in total. The van der Waals surface area contributed by atoms with Crippen molar-refractivity contribution in [3.8, 4) is 22.4 Å². The van der Waals surface area contributed by atoms with Gasteiger partial charge < -0.3 is 5.73 Å². The third-order valence-electron chi connectivity index (χ3n) is 3.35. The molecule has 0 spiro atoms. The van der Waals surface area contributed by atoms with Crippen LogP contribution in [0.15, 0.2) is 72.9 Å². The molecule has 0 bridgehead atoms. The number of amides is 1. The molecule has 0 radical (unpaired) electrons. The van der Waals surface area contributed by atoms with E-state index in [1.807, 2.05) is 54.6 Å². The lowest BCUT2D eigenvalue weighted by Gasteiger charge is -2.09. The molecule has 3 heteroatoms. The Balaban J connectivity index is 2.09. The fourth-order valence-corrected chi connectivity index (χ4v) is 2.29. The standard InChI is InChI=1S/C18H14N2O/c19-18(21)14-10-8-13(9-11-14)15-5-1-2-6-16(15)17-7-3-4-12-20-17/h1-12H,(H2,19,21). The van der Waals surface area contributed by atoms with Gasteiger partial charge in [-0.15, -0.1) is 0 Å². The molecule has 0 atom stereocenters. The number of nitrogens with two attached hydrogens (primary N) is 1. The lowest BCUT2D eigenvalue weighted by Crippen LogP contribution is -2.10. The topological polar surface area (TPSA) is 56.0 Å². The van der Waals surface area contributed by atoms with E-state index in [1.165, 1.54) is 0 Å². The number of aromatic nitrogens is 1. The zero-order chi connectivity index (χ0) is 14.7. The first kappa shape index (κ1) is 13.1. The van der Waals surface area contributed by atoms with Crippen molar-refractivity contribution in [3.05, 3.63) is 78.5 Å². The highest BCUT2D eigenvalue weighted by molar-refractivity contribution is 5.93. The van der Waals surface area contributed by atoms with Crippen LogP contribution in [0.4, 0.5) is 0 Å². The van der Waals surface area contributed by atoms with E-state index in [1.54, 1.807) is 18.3 Å². The van der Waals surface area contributed by atoms with Gasteiger partial charge in [0.05, 0.1) is 5.69 Å². The molecule has 2 aromatic carbocycles. The number of hydrogen-bond acceptors (Lipinski definition) is 2. The van der Waals surface area contributed by atoms with Crippen molar-refractivity contribution in [3.63, 3.8) is 0 Å². The molecule has 0 saturated carbocycles. The zero-order valence-corrected chi connectivity index (χ0v) is 11.4. The molecule has 0 aliphatic carbocycles. The monoisotopic (exact) mass is 274 g/mol. The summed E-state index contributed by atoms with van der Waals surface area (Å²) in [4.78, 5) is 15.6. The SMILES string of the molecule is NC(=O)c1ccc(-c2ccccc2-c2ccccn2)cc1. The van der Waals surface area contributed by atoms with Crippen LogP contribution < -0.4 is 5.73 Å². The minimum atomic E-state index is -0.417. The van der Waals surface area contributed by atoms with Gasteiger partial charge in [-0.3, -0.25) is 9.78 Å². The molecule has 1 aromatic heterocycles. The van der Waals surface area contributed by atoms with E-state index >= 15 is 0 Å². The second-order valence-electron chi connectivity index (χ2n) is 4.70. The summed E-state index contributed by atoms with van der Waals surface area (Å²) in [5.41, 5.74) is 9.87. The largest absolute Gasteiger partial charge is 0.366 e. The smallest absolute Gasteiger partial charge is 0.248 e. The van der Waals surface area contributed by atoms with E-state index in [-0.39, 0.29) is 0 Å². The number of pyridine rings is 1. The van der Waals surface area contributed by atoms with Crippen LogP contribution in [0.25, 0.3) is 22.4 Å². The first-order valence-electron chi connectivity index (χ1n) is 6.66. The highest BCUT2D eigenvalue weighted by atomic mass is 16.1. The maximum absolute atomic E-state index is 11.1. The molecule has 0 aliphatic rings. The average Bonchev–Trinajstić information content (AvgIpc) is 2.56.